The molecule has 2 rings (SSSR count). The molecule has 0 fully saturated rings. The SMILES string of the molecule is CC[C@@H](NC(=O)COC(=O)c1ccc([N+](=O)[O-])cc1)c1ccc(C)cc1. The molecule has 0 aliphatic rings. The fraction of sp³-hybridized carbons (Fsp3) is 0.263. The molecule has 0 heterocycles. The lowest BCUT2D eigenvalue weighted by Crippen LogP contribution is -2.32. The van der Waals surface area contributed by atoms with Crippen LogP contribution in [0.2, 0.25) is 0 Å². The van der Waals surface area contributed by atoms with Gasteiger partial charge >= 0.3 is 5.97 Å². The maximum atomic E-state index is 12.1. The number of benzene rings is 2. The van der Waals surface area contributed by atoms with Gasteiger partial charge in [-0.3, -0.25) is 14.9 Å². The molecule has 0 saturated carbocycles. The summed E-state index contributed by atoms with van der Waals surface area (Å²) < 4.78 is 4.97. The fourth-order valence-corrected chi connectivity index (χ4v) is 2.39. The van der Waals surface area contributed by atoms with Crippen LogP contribution in [0.4, 0.5) is 5.69 Å². The first-order chi connectivity index (χ1) is 12.4. The predicted molar refractivity (Wildman–Crippen MR) is 95.7 cm³/mol. The highest BCUT2D eigenvalue weighted by molar-refractivity contribution is 5.91. The van der Waals surface area contributed by atoms with Crippen molar-refractivity contribution in [3.63, 3.8) is 0 Å². The lowest BCUT2D eigenvalue weighted by atomic mass is 10.0. The second-order valence-corrected chi connectivity index (χ2v) is 5.82. The van der Waals surface area contributed by atoms with Gasteiger partial charge in [-0.15, -0.1) is 0 Å². The van der Waals surface area contributed by atoms with E-state index in [0.717, 1.165) is 11.1 Å². The zero-order valence-electron chi connectivity index (χ0n) is 14.6. The number of rotatable bonds is 7. The van der Waals surface area contributed by atoms with E-state index in [-0.39, 0.29) is 17.3 Å². The molecule has 0 aromatic heterocycles. The summed E-state index contributed by atoms with van der Waals surface area (Å²) in [5.74, 6) is -1.12. The van der Waals surface area contributed by atoms with Crippen molar-refractivity contribution in [1.82, 2.24) is 5.32 Å². The minimum absolute atomic E-state index is 0.122. The average molecular weight is 356 g/mol. The van der Waals surface area contributed by atoms with Crippen LogP contribution < -0.4 is 5.32 Å². The van der Waals surface area contributed by atoms with Gasteiger partial charge in [0, 0.05) is 12.1 Å². The molecule has 2 aromatic rings. The van der Waals surface area contributed by atoms with Gasteiger partial charge in [0.1, 0.15) is 0 Å². The maximum Gasteiger partial charge on any atom is 0.338 e. The van der Waals surface area contributed by atoms with Gasteiger partial charge in [0.2, 0.25) is 0 Å². The number of nitro groups is 1. The Bertz CT molecular complexity index is 785. The zero-order valence-corrected chi connectivity index (χ0v) is 14.6. The quantitative estimate of drug-likeness (QED) is 0.466. The van der Waals surface area contributed by atoms with Crippen molar-refractivity contribution in [2.45, 2.75) is 26.3 Å². The van der Waals surface area contributed by atoms with Crippen molar-refractivity contribution in [3.8, 4) is 0 Å². The lowest BCUT2D eigenvalue weighted by molar-refractivity contribution is -0.384. The van der Waals surface area contributed by atoms with Gasteiger partial charge in [-0.1, -0.05) is 36.8 Å². The molecule has 0 aliphatic carbocycles. The molecule has 0 aliphatic heterocycles. The van der Waals surface area contributed by atoms with Crippen LogP contribution in [0.1, 0.15) is 40.9 Å². The standard InChI is InChI=1S/C19H20N2O5/c1-3-17(14-6-4-13(2)5-7-14)20-18(22)12-26-19(23)15-8-10-16(11-9-15)21(24)25/h4-11,17H,3,12H2,1-2H3,(H,20,22)/t17-/m1/s1. The minimum Gasteiger partial charge on any atom is -0.452 e. The Hall–Kier alpha value is -3.22. The number of carbonyl (C=O) groups excluding carboxylic acids is 2. The van der Waals surface area contributed by atoms with Gasteiger partial charge in [-0.2, -0.15) is 0 Å². The summed E-state index contributed by atoms with van der Waals surface area (Å²) in [6.45, 7) is 3.52. The molecule has 136 valence electrons. The van der Waals surface area contributed by atoms with Gasteiger partial charge in [0.05, 0.1) is 16.5 Å². The zero-order chi connectivity index (χ0) is 19.1. The summed E-state index contributed by atoms with van der Waals surface area (Å²) in [5, 5.41) is 13.4. The number of amides is 1. The van der Waals surface area contributed by atoms with Gasteiger partial charge in [-0.25, -0.2) is 4.79 Å². The first-order valence-corrected chi connectivity index (χ1v) is 8.18. The van der Waals surface area contributed by atoms with E-state index >= 15 is 0 Å². The molecule has 1 amide bonds. The number of non-ortho nitro benzene ring substituents is 1. The molecule has 1 N–H and O–H groups in total. The average Bonchev–Trinajstić information content (AvgIpc) is 2.65. The van der Waals surface area contributed by atoms with E-state index in [1.54, 1.807) is 0 Å². The molecule has 0 saturated heterocycles. The third-order valence-corrected chi connectivity index (χ3v) is 3.87. The largest absolute Gasteiger partial charge is 0.452 e. The number of nitro benzene ring substituents is 1. The smallest absolute Gasteiger partial charge is 0.338 e. The minimum atomic E-state index is -0.710. The first kappa shape index (κ1) is 19.1. The van der Waals surface area contributed by atoms with Gasteiger partial charge in [0.25, 0.3) is 11.6 Å². The van der Waals surface area contributed by atoms with Crippen LogP contribution in [0.3, 0.4) is 0 Å². The number of carbonyl (C=O) groups is 2. The van der Waals surface area contributed by atoms with E-state index in [0.29, 0.717) is 6.42 Å². The summed E-state index contributed by atoms with van der Waals surface area (Å²) in [4.78, 5) is 34.0. The Morgan fingerprint density at radius 3 is 2.27 bits per heavy atom. The second kappa shape index (κ2) is 8.75. The van der Waals surface area contributed by atoms with Crippen molar-refractivity contribution >= 4 is 17.6 Å². The summed E-state index contributed by atoms with van der Waals surface area (Å²) >= 11 is 0. The lowest BCUT2D eigenvalue weighted by Gasteiger charge is -2.17. The van der Waals surface area contributed by atoms with Crippen LogP contribution in [-0.4, -0.2) is 23.4 Å². The molecular formula is C19H20N2O5. The molecular weight excluding hydrogens is 336 g/mol. The summed E-state index contributed by atoms with van der Waals surface area (Å²) in [7, 11) is 0. The molecule has 0 spiro atoms. The Balaban J connectivity index is 1.89. The van der Waals surface area contributed by atoms with Gasteiger partial charge in [0.15, 0.2) is 6.61 Å². The van der Waals surface area contributed by atoms with Crippen LogP contribution in [-0.2, 0) is 9.53 Å². The van der Waals surface area contributed by atoms with Gasteiger partial charge in [-0.05, 0) is 31.0 Å². The number of esters is 1. The van der Waals surface area contributed by atoms with E-state index in [9.17, 15) is 19.7 Å². The fourth-order valence-electron chi connectivity index (χ4n) is 2.39. The molecule has 7 nitrogen and oxygen atoms in total. The van der Waals surface area contributed by atoms with E-state index in [4.69, 9.17) is 4.74 Å². The summed E-state index contributed by atoms with van der Waals surface area (Å²) in [5.41, 5.74) is 2.14. The number of hydrogen-bond acceptors (Lipinski definition) is 5. The highest BCUT2D eigenvalue weighted by atomic mass is 16.6. The summed E-state index contributed by atoms with van der Waals surface area (Å²) in [6, 6.07) is 12.7. The number of aryl methyl sites for hydroxylation is 1. The molecule has 0 radical (unpaired) electrons. The molecule has 0 bridgehead atoms. The second-order valence-electron chi connectivity index (χ2n) is 5.82. The number of ether oxygens (including phenoxy) is 1. The normalized spacial score (nSPS) is 11.5. The molecule has 1 atom stereocenters. The Morgan fingerprint density at radius 2 is 1.73 bits per heavy atom. The summed E-state index contributed by atoms with van der Waals surface area (Å²) in [6.07, 6.45) is 0.700. The van der Waals surface area contributed by atoms with Crippen LogP contribution in [0.5, 0.6) is 0 Å². The van der Waals surface area contributed by atoms with Crippen LogP contribution in [0.15, 0.2) is 48.5 Å². The van der Waals surface area contributed by atoms with Crippen molar-refractivity contribution in [2.75, 3.05) is 6.61 Å². The molecule has 26 heavy (non-hydrogen) atoms. The maximum absolute atomic E-state index is 12.1. The number of nitrogens with zero attached hydrogens (tertiary/aromatic N) is 1. The van der Waals surface area contributed by atoms with E-state index in [2.05, 4.69) is 5.32 Å². The van der Waals surface area contributed by atoms with Crippen molar-refractivity contribution < 1.29 is 19.2 Å². The molecule has 0 unspecified atom stereocenters. The Labute approximate surface area is 151 Å². The van der Waals surface area contributed by atoms with E-state index < -0.39 is 23.4 Å². The van der Waals surface area contributed by atoms with Crippen molar-refractivity contribution in [1.29, 1.82) is 0 Å². The van der Waals surface area contributed by atoms with Crippen molar-refractivity contribution in [2.24, 2.45) is 0 Å². The monoisotopic (exact) mass is 356 g/mol. The van der Waals surface area contributed by atoms with Crippen molar-refractivity contribution in [3.05, 3.63) is 75.3 Å². The highest BCUT2D eigenvalue weighted by Gasteiger charge is 2.16. The third kappa shape index (κ3) is 5.14. The van der Waals surface area contributed by atoms with Gasteiger partial charge < -0.3 is 10.1 Å². The third-order valence-electron chi connectivity index (χ3n) is 3.87. The number of nitrogens with one attached hydrogen (secondary N) is 1. The topological polar surface area (TPSA) is 98.5 Å². The molecule has 2 aromatic carbocycles. The first-order valence-electron chi connectivity index (χ1n) is 8.18. The molecule has 7 heteroatoms. The van der Waals surface area contributed by atoms with E-state index in [1.807, 2.05) is 38.1 Å². The Morgan fingerprint density at radius 1 is 1.12 bits per heavy atom. The highest BCUT2D eigenvalue weighted by Crippen LogP contribution is 2.17. The van der Waals surface area contributed by atoms with Crippen LogP contribution in [0, 0.1) is 17.0 Å². The van der Waals surface area contributed by atoms with E-state index in [1.165, 1.54) is 24.3 Å². The van der Waals surface area contributed by atoms with Crippen LogP contribution >= 0.6 is 0 Å². The Kier molecular flexibility index (Phi) is 6.43. The predicted octanol–water partition coefficient (Wildman–Crippen LogP) is 3.33. The van der Waals surface area contributed by atoms with Crippen LogP contribution in [0.25, 0.3) is 0 Å². The number of hydrogen-bond donors (Lipinski definition) is 1.